The van der Waals surface area contributed by atoms with Gasteiger partial charge in [0.25, 0.3) is 5.69 Å². The van der Waals surface area contributed by atoms with E-state index in [0.717, 1.165) is 4.88 Å². The molecule has 0 saturated carbocycles. The molecular weight excluding hydrogens is 300 g/mol. The Balaban J connectivity index is 2.25. The number of nitro groups is 1. The van der Waals surface area contributed by atoms with Crippen LogP contribution >= 0.6 is 11.3 Å². The first-order valence-corrected chi connectivity index (χ1v) is 7.87. The van der Waals surface area contributed by atoms with Gasteiger partial charge in [-0.1, -0.05) is 19.1 Å². The van der Waals surface area contributed by atoms with Crippen LogP contribution in [0.1, 0.15) is 31.2 Å². The van der Waals surface area contributed by atoms with E-state index in [1.165, 1.54) is 17.4 Å². The highest BCUT2D eigenvalue weighted by atomic mass is 32.1. The van der Waals surface area contributed by atoms with Crippen LogP contribution in [0.4, 0.5) is 11.4 Å². The average molecular weight is 318 g/mol. The molecule has 0 fully saturated rings. The number of nitro benzene ring substituents is 1. The zero-order chi connectivity index (χ0) is 16.3. The van der Waals surface area contributed by atoms with Crippen molar-refractivity contribution in [2.45, 2.75) is 32.6 Å². The number of carbonyl (C=O) groups excluding carboxylic acids is 1. The van der Waals surface area contributed by atoms with Crippen molar-refractivity contribution < 1.29 is 9.72 Å². The maximum atomic E-state index is 12.5. The second-order valence-electron chi connectivity index (χ2n) is 5.51. The SMILES string of the molecule is CCc1ccc(NC(=O)C(C)(C)c2cccs2)cc1[N+](=O)[O-]. The molecule has 0 aliphatic carbocycles. The Morgan fingerprint density at radius 2 is 2.09 bits per heavy atom. The molecule has 5 nitrogen and oxygen atoms in total. The Bertz CT molecular complexity index is 693. The standard InChI is InChI=1S/C16H18N2O3S/c1-4-11-7-8-12(10-13(11)18(20)21)17-15(19)16(2,3)14-6-5-9-22-14/h5-10H,4H2,1-3H3,(H,17,19). The van der Waals surface area contributed by atoms with Crippen LogP contribution in [-0.2, 0) is 16.6 Å². The third-order valence-corrected chi connectivity index (χ3v) is 4.82. The molecule has 0 spiro atoms. The largest absolute Gasteiger partial charge is 0.325 e. The maximum absolute atomic E-state index is 12.5. The highest BCUT2D eigenvalue weighted by molar-refractivity contribution is 7.10. The second-order valence-corrected chi connectivity index (χ2v) is 6.46. The number of carbonyl (C=O) groups is 1. The van der Waals surface area contributed by atoms with Gasteiger partial charge in [0.1, 0.15) is 0 Å². The first-order valence-electron chi connectivity index (χ1n) is 6.99. The normalized spacial score (nSPS) is 11.2. The quantitative estimate of drug-likeness (QED) is 0.665. The molecule has 0 saturated heterocycles. The Hall–Kier alpha value is -2.21. The summed E-state index contributed by atoms with van der Waals surface area (Å²) in [5.41, 5.74) is 0.445. The van der Waals surface area contributed by atoms with E-state index in [4.69, 9.17) is 0 Å². The fraction of sp³-hybridized carbons (Fsp3) is 0.312. The highest BCUT2D eigenvalue weighted by Gasteiger charge is 2.31. The molecule has 0 aliphatic rings. The van der Waals surface area contributed by atoms with Crippen molar-refractivity contribution in [1.29, 1.82) is 0 Å². The van der Waals surface area contributed by atoms with E-state index in [9.17, 15) is 14.9 Å². The monoisotopic (exact) mass is 318 g/mol. The topological polar surface area (TPSA) is 72.2 Å². The number of amides is 1. The molecule has 6 heteroatoms. The van der Waals surface area contributed by atoms with E-state index in [1.807, 2.05) is 38.3 Å². The maximum Gasteiger partial charge on any atom is 0.274 e. The van der Waals surface area contributed by atoms with Gasteiger partial charge in [0.15, 0.2) is 0 Å². The predicted molar refractivity (Wildman–Crippen MR) is 88.4 cm³/mol. The summed E-state index contributed by atoms with van der Waals surface area (Å²) < 4.78 is 0. The summed E-state index contributed by atoms with van der Waals surface area (Å²) in [6.07, 6.45) is 0.575. The summed E-state index contributed by atoms with van der Waals surface area (Å²) in [5.74, 6) is -0.187. The summed E-state index contributed by atoms with van der Waals surface area (Å²) in [6.45, 7) is 5.53. The number of anilines is 1. The van der Waals surface area contributed by atoms with Crippen LogP contribution in [-0.4, -0.2) is 10.8 Å². The van der Waals surface area contributed by atoms with Gasteiger partial charge in [-0.05, 0) is 37.8 Å². The number of aryl methyl sites for hydroxylation is 1. The van der Waals surface area contributed by atoms with Crippen molar-refractivity contribution in [2.24, 2.45) is 0 Å². The van der Waals surface area contributed by atoms with Crippen LogP contribution in [0, 0.1) is 10.1 Å². The van der Waals surface area contributed by atoms with Crippen LogP contribution < -0.4 is 5.32 Å². The van der Waals surface area contributed by atoms with Crippen molar-refractivity contribution in [3.05, 3.63) is 56.3 Å². The number of hydrogen-bond acceptors (Lipinski definition) is 4. The van der Waals surface area contributed by atoms with Crippen LogP contribution in [0.5, 0.6) is 0 Å². The second kappa shape index (κ2) is 6.27. The summed E-state index contributed by atoms with van der Waals surface area (Å²) in [7, 11) is 0. The van der Waals surface area contributed by atoms with Crippen molar-refractivity contribution in [1.82, 2.24) is 0 Å². The Morgan fingerprint density at radius 1 is 1.36 bits per heavy atom. The van der Waals surface area contributed by atoms with Gasteiger partial charge < -0.3 is 5.32 Å². The lowest BCUT2D eigenvalue weighted by Gasteiger charge is -2.22. The van der Waals surface area contributed by atoms with Crippen LogP contribution in [0.15, 0.2) is 35.7 Å². The van der Waals surface area contributed by atoms with Crippen molar-refractivity contribution in [2.75, 3.05) is 5.32 Å². The fourth-order valence-electron chi connectivity index (χ4n) is 2.14. The summed E-state index contributed by atoms with van der Waals surface area (Å²) >= 11 is 1.51. The third-order valence-electron chi connectivity index (χ3n) is 3.63. The zero-order valence-electron chi connectivity index (χ0n) is 12.8. The zero-order valence-corrected chi connectivity index (χ0v) is 13.6. The Morgan fingerprint density at radius 3 is 2.64 bits per heavy atom. The molecule has 1 aromatic heterocycles. The molecule has 1 aromatic carbocycles. The molecule has 22 heavy (non-hydrogen) atoms. The van der Waals surface area contributed by atoms with Crippen molar-refractivity contribution in [3.63, 3.8) is 0 Å². The molecule has 0 aliphatic heterocycles. The minimum absolute atomic E-state index is 0.0363. The molecule has 0 radical (unpaired) electrons. The highest BCUT2D eigenvalue weighted by Crippen LogP contribution is 2.30. The molecule has 2 rings (SSSR count). The predicted octanol–water partition coefficient (Wildman–Crippen LogP) is 4.14. The van der Waals surface area contributed by atoms with E-state index in [-0.39, 0.29) is 11.6 Å². The number of benzene rings is 1. The van der Waals surface area contributed by atoms with Gasteiger partial charge in [0.05, 0.1) is 10.3 Å². The molecule has 1 amide bonds. The van der Waals surface area contributed by atoms with Gasteiger partial charge in [0.2, 0.25) is 5.91 Å². The number of thiophene rings is 1. The first kappa shape index (κ1) is 16.2. The minimum atomic E-state index is -0.688. The van der Waals surface area contributed by atoms with Crippen LogP contribution in [0.3, 0.4) is 0 Å². The molecule has 2 aromatic rings. The van der Waals surface area contributed by atoms with E-state index in [0.29, 0.717) is 17.7 Å². The van der Waals surface area contributed by atoms with Gasteiger partial charge in [-0.15, -0.1) is 11.3 Å². The lowest BCUT2D eigenvalue weighted by atomic mass is 9.90. The lowest BCUT2D eigenvalue weighted by Crippen LogP contribution is -2.33. The summed E-state index contributed by atoms with van der Waals surface area (Å²) in [5, 5.41) is 15.8. The van der Waals surface area contributed by atoms with Gasteiger partial charge in [-0.25, -0.2) is 0 Å². The third kappa shape index (κ3) is 3.17. The van der Waals surface area contributed by atoms with Crippen molar-refractivity contribution >= 4 is 28.6 Å². The van der Waals surface area contributed by atoms with Gasteiger partial charge >= 0.3 is 0 Å². The fourth-order valence-corrected chi connectivity index (χ4v) is 2.99. The molecule has 1 N–H and O–H groups in total. The van der Waals surface area contributed by atoms with Crippen molar-refractivity contribution in [3.8, 4) is 0 Å². The molecule has 0 bridgehead atoms. The number of hydrogen-bond donors (Lipinski definition) is 1. The number of nitrogens with zero attached hydrogens (tertiary/aromatic N) is 1. The smallest absolute Gasteiger partial charge is 0.274 e. The van der Waals surface area contributed by atoms with Gasteiger partial charge in [-0.2, -0.15) is 0 Å². The number of rotatable bonds is 5. The molecule has 0 unspecified atom stereocenters. The van der Waals surface area contributed by atoms with E-state index in [2.05, 4.69) is 5.32 Å². The Labute approximate surface area is 133 Å². The molecule has 1 heterocycles. The summed E-state index contributed by atoms with van der Waals surface area (Å²) in [6, 6.07) is 8.62. The summed E-state index contributed by atoms with van der Waals surface area (Å²) in [4.78, 5) is 24.1. The first-order chi connectivity index (χ1) is 10.4. The average Bonchev–Trinajstić information content (AvgIpc) is 3.01. The Kier molecular flexibility index (Phi) is 4.61. The molecule has 0 atom stereocenters. The molecular formula is C16H18N2O3S. The van der Waals surface area contributed by atoms with E-state index < -0.39 is 10.3 Å². The van der Waals surface area contributed by atoms with E-state index in [1.54, 1.807) is 12.1 Å². The van der Waals surface area contributed by atoms with Crippen LogP contribution in [0.25, 0.3) is 0 Å². The van der Waals surface area contributed by atoms with E-state index >= 15 is 0 Å². The van der Waals surface area contributed by atoms with Crippen LogP contribution in [0.2, 0.25) is 0 Å². The lowest BCUT2D eigenvalue weighted by molar-refractivity contribution is -0.385. The number of nitrogens with one attached hydrogen (secondary N) is 1. The van der Waals surface area contributed by atoms with Gasteiger partial charge in [-0.3, -0.25) is 14.9 Å². The van der Waals surface area contributed by atoms with Gasteiger partial charge in [0, 0.05) is 22.2 Å². The molecule has 116 valence electrons. The minimum Gasteiger partial charge on any atom is -0.325 e.